The molecule has 1 amide bonds. The van der Waals surface area contributed by atoms with Crippen molar-refractivity contribution in [1.82, 2.24) is 5.32 Å². The zero-order chi connectivity index (χ0) is 14.5. The molecule has 0 fully saturated rings. The van der Waals surface area contributed by atoms with E-state index in [1.807, 2.05) is 30.3 Å². The molecule has 0 aliphatic heterocycles. The van der Waals surface area contributed by atoms with Crippen molar-refractivity contribution in [3.05, 3.63) is 35.9 Å². The third kappa shape index (κ3) is 5.03. The van der Waals surface area contributed by atoms with Crippen molar-refractivity contribution < 1.29 is 4.79 Å². The maximum Gasteiger partial charge on any atom is 0.237 e. The fourth-order valence-electron chi connectivity index (χ4n) is 1.61. The van der Waals surface area contributed by atoms with E-state index in [9.17, 15) is 4.79 Å². The molecule has 1 aromatic carbocycles. The van der Waals surface area contributed by atoms with Gasteiger partial charge in [-0.1, -0.05) is 58.0 Å². The molecule has 0 aliphatic carbocycles. The van der Waals surface area contributed by atoms with Crippen molar-refractivity contribution in [2.45, 2.75) is 40.2 Å². The Bertz CT molecular complexity index is 398. The van der Waals surface area contributed by atoms with Crippen LogP contribution in [-0.4, -0.2) is 18.5 Å². The van der Waals surface area contributed by atoms with E-state index in [2.05, 4.69) is 33.0 Å². The number of carbonyl (C=O) groups excluding carboxylic acids is 1. The lowest BCUT2D eigenvalue weighted by atomic mass is 9.81. The van der Waals surface area contributed by atoms with Gasteiger partial charge in [-0.05, 0) is 23.3 Å². The van der Waals surface area contributed by atoms with Crippen molar-refractivity contribution in [3.63, 3.8) is 0 Å². The van der Waals surface area contributed by atoms with Gasteiger partial charge in [-0.3, -0.25) is 4.79 Å². The Balaban J connectivity index is 2.46. The van der Waals surface area contributed by atoms with Gasteiger partial charge in [-0.15, -0.1) is 0 Å². The first-order chi connectivity index (χ1) is 8.83. The van der Waals surface area contributed by atoms with E-state index in [0.717, 1.165) is 5.56 Å². The Kier molecular flexibility index (Phi) is 5.55. The monoisotopic (exact) mass is 262 g/mol. The second-order valence-electron chi connectivity index (χ2n) is 6.16. The molecule has 0 aromatic heterocycles. The SMILES string of the molecule is CC(C)C(C)(C)CNC(=O)[C@H](N)Cc1ccccc1. The number of nitrogens with one attached hydrogen (secondary N) is 1. The number of carbonyl (C=O) groups is 1. The maximum absolute atomic E-state index is 12.0. The lowest BCUT2D eigenvalue weighted by Gasteiger charge is -2.29. The Hall–Kier alpha value is -1.35. The summed E-state index contributed by atoms with van der Waals surface area (Å²) in [4.78, 5) is 12.0. The molecule has 0 spiro atoms. The minimum absolute atomic E-state index is 0.0717. The van der Waals surface area contributed by atoms with E-state index < -0.39 is 6.04 Å². The highest BCUT2D eigenvalue weighted by Crippen LogP contribution is 2.24. The molecule has 0 bridgehead atoms. The van der Waals surface area contributed by atoms with E-state index in [4.69, 9.17) is 5.73 Å². The summed E-state index contributed by atoms with van der Waals surface area (Å²) in [5.74, 6) is 0.440. The maximum atomic E-state index is 12.0. The molecule has 19 heavy (non-hydrogen) atoms. The molecule has 1 atom stereocenters. The van der Waals surface area contributed by atoms with Crippen LogP contribution in [0.2, 0.25) is 0 Å². The number of rotatable bonds is 6. The molecular formula is C16H26N2O. The largest absolute Gasteiger partial charge is 0.354 e. The number of nitrogens with two attached hydrogens (primary N) is 1. The Morgan fingerprint density at radius 2 is 1.84 bits per heavy atom. The van der Waals surface area contributed by atoms with Gasteiger partial charge in [-0.2, -0.15) is 0 Å². The van der Waals surface area contributed by atoms with Crippen LogP contribution in [0.5, 0.6) is 0 Å². The summed E-state index contributed by atoms with van der Waals surface area (Å²) in [6.45, 7) is 9.29. The predicted molar refractivity (Wildman–Crippen MR) is 79.8 cm³/mol. The third-order valence-corrected chi connectivity index (χ3v) is 3.92. The molecule has 1 rings (SSSR count). The van der Waals surface area contributed by atoms with Crippen molar-refractivity contribution in [2.24, 2.45) is 17.1 Å². The van der Waals surface area contributed by atoms with Crippen molar-refractivity contribution in [1.29, 1.82) is 0 Å². The molecule has 0 unspecified atom stereocenters. The quantitative estimate of drug-likeness (QED) is 0.827. The molecular weight excluding hydrogens is 236 g/mol. The average Bonchev–Trinajstić information content (AvgIpc) is 2.37. The second kappa shape index (κ2) is 6.71. The van der Waals surface area contributed by atoms with Crippen LogP contribution >= 0.6 is 0 Å². The first-order valence-corrected chi connectivity index (χ1v) is 6.90. The molecule has 0 aliphatic rings. The number of benzene rings is 1. The van der Waals surface area contributed by atoms with Crippen molar-refractivity contribution in [2.75, 3.05) is 6.54 Å². The van der Waals surface area contributed by atoms with Crippen LogP contribution < -0.4 is 11.1 Å². The first kappa shape index (κ1) is 15.7. The molecule has 106 valence electrons. The summed E-state index contributed by atoms with van der Waals surface area (Å²) in [5.41, 5.74) is 7.12. The summed E-state index contributed by atoms with van der Waals surface area (Å²) in [6, 6.07) is 9.38. The van der Waals surface area contributed by atoms with E-state index >= 15 is 0 Å². The van der Waals surface area contributed by atoms with Crippen LogP contribution in [0.15, 0.2) is 30.3 Å². The van der Waals surface area contributed by atoms with E-state index in [-0.39, 0.29) is 11.3 Å². The summed E-state index contributed by atoms with van der Waals surface area (Å²) in [6.07, 6.45) is 0.578. The smallest absolute Gasteiger partial charge is 0.237 e. The van der Waals surface area contributed by atoms with Crippen LogP contribution in [0.1, 0.15) is 33.3 Å². The van der Waals surface area contributed by atoms with E-state index in [1.165, 1.54) is 0 Å². The lowest BCUT2D eigenvalue weighted by Crippen LogP contribution is -2.46. The third-order valence-electron chi connectivity index (χ3n) is 3.92. The summed E-state index contributed by atoms with van der Waals surface area (Å²) >= 11 is 0. The van der Waals surface area contributed by atoms with E-state index in [0.29, 0.717) is 18.9 Å². The summed E-state index contributed by atoms with van der Waals surface area (Å²) in [5, 5.41) is 2.96. The van der Waals surface area contributed by atoms with E-state index in [1.54, 1.807) is 0 Å². The highest BCUT2D eigenvalue weighted by atomic mass is 16.2. The molecule has 0 heterocycles. The molecule has 1 aromatic rings. The van der Waals surface area contributed by atoms with Crippen LogP contribution in [0, 0.1) is 11.3 Å². The molecule has 3 heteroatoms. The lowest BCUT2D eigenvalue weighted by molar-refractivity contribution is -0.122. The van der Waals surface area contributed by atoms with Crippen LogP contribution in [-0.2, 0) is 11.2 Å². The van der Waals surface area contributed by atoms with Gasteiger partial charge < -0.3 is 11.1 Å². The molecule has 0 saturated carbocycles. The first-order valence-electron chi connectivity index (χ1n) is 6.90. The topological polar surface area (TPSA) is 55.1 Å². The predicted octanol–water partition coefficient (Wildman–Crippen LogP) is 2.35. The minimum atomic E-state index is -0.481. The average molecular weight is 262 g/mol. The summed E-state index contributed by atoms with van der Waals surface area (Å²) in [7, 11) is 0. The Morgan fingerprint density at radius 1 is 1.26 bits per heavy atom. The van der Waals surface area contributed by atoms with Gasteiger partial charge in [0.15, 0.2) is 0 Å². The van der Waals surface area contributed by atoms with Crippen LogP contribution in [0.3, 0.4) is 0 Å². The normalized spacial score (nSPS) is 13.4. The Labute approximate surface area is 116 Å². The standard InChI is InChI=1S/C16H26N2O/c1-12(2)16(3,4)11-18-15(19)14(17)10-13-8-6-5-7-9-13/h5-9,12,14H,10-11,17H2,1-4H3,(H,18,19)/t14-/m1/s1. The molecule has 0 saturated heterocycles. The Morgan fingerprint density at radius 3 is 2.37 bits per heavy atom. The number of amides is 1. The second-order valence-corrected chi connectivity index (χ2v) is 6.16. The van der Waals surface area contributed by atoms with Crippen molar-refractivity contribution in [3.8, 4) is 0 Å². The van der Waals surface area contributed by atoms with Gasteiger partial charge in [0.05, 0.1) is 6.04 Å². The zero-order valence-electron chi connectivity index (χ0n) is 12.4. The van der Waals surface area contributed by atoms with Gasteiger partial charge in [0.2, 0.25) is 5.91 Å². The zero-order valence-corrected chi connectivity index (χ0v) is 12.4. The summed E-state index contributed by atoms with van der Waals surface area (Å²) < 4.78 is 0. The fraction of sp³-hybridized carbons (Fsp3) is 0.562. The van der Waals surface area contributed by atoms with Gasteiger partial charge in [0.25, 0.3) is 0 Å². The van der Waals surface area contributed by atoms with Gasteiger partial charge in [-0.25, -0.2) is 0 Å². The van der Waals surface area contributed by atoms with Crippen molar-refractivity contribution >= 4 is 5.91 Å². The van der Waals surface area contributed by atoms with Crippen LogP contribution in [0.4, 0.5) is 0 Å². The highest BCUT2D eigenvalue weighted by Gasteiger charge is 2.24. The number of hydrogen-bond acceptors (Lipinski definition) is 2. The molecule has 3 N–H and O–H groups in total. The fourth-order valence-corrected chi connectivity index (χ4v) is 1.61. The van der Waals surface area contributed by atoms with Gasteiger partial charge in [0, 0.05) is 6.54 Å². The molecule has 3 nitrogen and oxygen atoms in total. The van der Waals surface area contributed by atoms with Crippen LogP contribution in [0.25, 0.3) is 0 Å². The number of hydrogen-bond donors (Lipinski definition) is 2. The molecule has 0 radical (unpaired) electrons. The minimum Gasteiger partial charge on any atom is -0.354 e. The van der Waals surface area contributed by atoms with Gasteiger partial charge in [0.1, 0.15) is 0 Å². The highest BCUT2D eigenvalue weighted by molar-refractivity contribution is 5.81. The van der Waals surface area contributed by atoms with Gasteiger partial charge >= 0.3 is 0 Å².